The third-order valence-corrected chi connectivity index (χ3v) is 4.57. The minimum atomic E-state index is -1.00. The molecule has 1 unspecified atom stereocenters. The van der Waals surface area contributed by atoms with Crippen LogP contribution in [0.3, 0.4) is 0 Å². The molecule has 1 N–H and O–H groups in total. The van der Waals surface area contributed by atoms with Crippen LogP contribution in [-0.2, 0) is 16.6 Å². The van der Waals surface area contributed by atoms with E-state index in [2.05, 4.69) is 0 Å². The van der Waals surface area contributed by atoms with Crippen molar-refractivity contribution in [1.29, 1.82) is 0 Å². The van der Waals surface area contributed by atoms with Crippen LogP contribution in [0.4, 0.5) is 0 Å². The first kappa shape index (κ1) is 18.4. The number of carbonyl (C=O) groups excluding carboxylic acids is 1. The van der Waals surface area contributed by atoms with E-state index in [-0.39, 0.29) is 34.6 Å². The molecule has 3 aromatic rings. The second-order valence-electron chi connectivity index (χ2n) is 6.30. The van der Waals surface area contributed by atoms with Crippen LogP contribution in [0.2, 0.25) is 0 Å². The molecule has 140 valence electrons. The number of hydrogen-bond acceptors (Lipinski definition) is 6. The van der Waals surface area contributed by atoms with Crippen molar-refractivity contribution in [1.82, 2.24) is 4.57 Å². The number of fused-ring (bicyclic) bond motifs is 1. The highest BCUT2D eigenvalue weighted by Crippen LogP contribution is 2.32. The molecule has 0 aliphatic rings. The summed E-state index contributed by atoms with van der Waals surface area (Å²) in [4.78, 5) is 37.3. The fourth-order valence-electron chi connectivity index (χ4n) is 3.24. The van der Waals surface area contributed by atoms with Gasteiger partial charge in [0.2, 0.25) is 0 Å². The minimum Gasteiger partial charge on any atom is -0.507 e. The number of carbonyl (C=O) groups is 1. The van der Waals surface area contributed by atoms with Crippen LogP contribution in [0.1, 0.15) is 29.2 Å². The molecule has 0 fully saturated rings. The molecule has 0 aliphatic heterocycles. The number of aryl methyl sites for hydroxylation is 2. The second kappa shape index (κ2) is 7.11. The molecule has 0 saturated heterocycles. The third-order valence-electron chi connectivity index (χ3n) is 4.57. The lowest BCUT2D eigenvalue weighted by molar-refractivity contribution is -0.140. The Morgan fingerprint density at radius 1 is 1.26 bits per heavy atom. The minimum absolute atomic E-state index is 0.140. The van der Waals surface area contributed by atoms with Crippen molar-refractivity contribution < 1.29 is 19.1 Å². The largest absolute Gasteiger partial charge is 0.507 e. The number of methoxy groups -OCH3 is 1. The van der Waals surface area contributed by atoms with E-state index in [0.717, 1.165) is 5.39 Å². The molecule has 0 spiro atoms. The summed E-state index contributed by atoms with van der Waals surface area (Å²) < 4.78 is 11.3. The molecule has 0 amide bonds. The molecule has 0 saturated carbocycles. The maximum atomic E-state index is 13.0. The SMILES string of the molecule is COC(=O)CC(c1c(O)cc(C)oc1=O)c1cc2ccccc2n(C)c1=O. The van der Waals surface area contributed by atoms with Crippen molar-refractivity contribution in [2.75, 3.05) is 7.11 Å². The summed E-state index contributed by atoms with van der Waals surface area (Å²) in [6.45, 7) is 1.52. The Hall–Kier alpha value is -3.35. The van der Waals surface area contributed by atoms with Gasteiger partial charge in [-0.05, 0) is 24.4 Å². The normalized spacial score (nSPS) is 12.1. The van der Waals surface area contributed by atoms with Crippen molar-refractivity contribution in [3.63, 3.8) is 0 Å². The van der Waals surface area contributed by atoms with Gasteiger partial charge in [-0.3, -0.25) is 9.59 Å². The number of nitrogens with zero attached hydrogens (tertiary/aromatic N) is 1. The number of hydrogen-bond donors (Lipinski definition) is 1. The van der Waals surface area contributed by atoms with Gasteiger partial charge in [-0.15, -0.1) is 0 Å². The molecule has 1 atom stereocenters. The molecule has 0 aliphatic carbocycles. The van der Waals surface area contributed by atoms with Crippen molar-refractivity contribution in [2.45, 2.75) is 19.3 Å². The predicted molar refractivity (Wildman–Crippen MR) is 99.0 cm³/mol. The molecule has 7 nitrogen and oxygen atoms in total. The zero-order valence-corrected chi connectivity index (χ0v) is 15.2. The van der Waals surface area contributed by atoms with Crippen LogP contribution in [0, 0.1) is 6.92 Å². The molecule has 1 aromatic carbocycles. The fourth-order valence-corrected chi connectivity index (χ4v) is 3.24. The first-order valence-corrected chi connectivity index (χ1v) is 8.32. The molecular formula is C20H19NO6. The van der Waals surface area contributed by atoms with Crippen molar-refractivity contribution in [2.24, 2.45) is 7.05 Å². The summed E-state index contributed by atoms with van der Waals surface area (Å²) in [7, 11) is 2.83. The van der Waals surface area contributed by atoms with Gasteiger partial charge in [0.1, 0.15) is 11.5 Å². The molecule has 27 heavy (non-hydrogen) atoms. The van der Waals surface area contributed by atoms with Gasteiger partial charge in [0.05, 0.1) is 24.6 Å². The first-order valence-electron chi connectivity index (χ1n) is 8.32. The lowest BCUT2D eigenvalue weighted by atomic mass is 9.88. The quantitative estimate of drug-likeness (QED) is 0.708. The summed E-state index contributed by atoms with van der Waals surface area (Å²) >= 11 is 0. The fraction of sp³-hybridized carbons (Fsp3) is 0.250. The zero-order valence-electron chi connectivity index (χ0n) is 15.2. The lowest BCUT2D eigenvalue weighted by Crippen LogP contribution is -2.27. The standard InChI is InChI=1S/C20H19NO6/c1-11-8-16(22)18(20(25)27-11)13(10-17(23)26-3)14-9-12-6-4-5-7-15(12)21(2)19(14)24/h4-9,13,22H,10H2,1-3H3. The molecule has 2 heterocycles. The van der Waals surface area contributed by atoms with Crippen molar-refractivity contribution in [3.05, 3.63) is 74.1 Å². The maximum absolute atomic E-state index is 13.0. The van der Waals surface area contributed by atoms with Crippen molar-refractivity contribution >= 4 is 16.9 Å². The van der Waals surface area contributed by atoms with Crippen LogP contribution >= 0.6 is 0 Å². The van der Waals surface area contributed by atoms with E-state index in [1.807, 2.05) is 18.2 Å². The Morgan fingerprint density at radius 2 is 1.96 bits per heavy atom. The number of rotatable bonds is 4. The van der Waals surface area contributed by atoms with Gasteiger partial charge in [-0.25, -0.2) is 4.79 Å². The maximum Gasteiger partial charge on any atom is 0.343 e. The van der Waals surface area contributed by atoms with Gasteiger partial charge < -0.3 is 18.8 Å². The number of aromatic nitrogens is 1. The highest BCUT2D eigenvalue weighted by atomic mass is 16.5. The number of pyridine rings is 1. The van der Waals surface area contributed by atoms with Gasteiger partial charge >= 0.3 is 11.6 Å². The molecule has 7 heteroatoms. The number of ether oxygens (including phenoxy) is 1. The average molecular weight is 369 g/mol. The summed E-state index contributed by atoms with van der Waals surface area (Å²) in [6, 6.07) is 10.2. The summed E-state index contributed by atoms with van der Waals surface area (Å²) in [5.74, 6) is -1.72. The summed E-state index contributed by atoms with van der Waals surface area (Å²) in [5, 5.41) is 11.1. The Labute approximate surface area is 154 Å². The van der Waals surface area contributed by atoms with E-state index in [1.54, 1.807) is 19.2 Å². The predicted octanol–water partition coefficient (Wildman–Crippen LogP) is 2.20. The topological polar surface area (TPSA) is 98.7 Å². The highest BCUT2D eigenvalue weighted by molar-refractivity contribution is 5.80. The van der Waals surface area contributed by atoms with E-state index in [9.17, 15) is 19.5 Å². The molecule has 2 aromatic heterocycles. The van der Waals surface area contributed by atoms with E-state index < -0.39 is 17.5 Å². The Morgan fingerprint density at radius 3 is 2.63 bits per heavy atom. The number of benzene rings is 1. The van der Waals surface area contributed by atoms with E-state index in [4.69, 9.17) is 9.15 Å². The lowest BCUT2D eigenvalue weighted by Gasteiger charge is -2.18. The Bertz CT molecular complexity index is 1140. The van der Waals surface area contributed by atoms with E-state index in [0.29, 0.717) is 5.52 Å². The van der Waals surface area contributed by atoms with Crippen LogP contribution in [0.15, 0.2) is 50.4 Å². The van der Waals surface area contributed by atoms with E-state index in [1.165, 1.54) is 24.7 Å². The first-order chi connectivity index (χ1) is 12.8. The van der Waals surface area contributed by atoms with Crippen LogP contribution < -0.4 is 11.2 Å². The molecular weight excluding hydrogens is 350 g/mol. The van der Waals surface area contributed by atoms with Crippen LogP contribution in [-0.4, -0.2) is 22.8 Å². The molecule has 0 bridgehead atoms. The second-order valence-corrected chi connectivity index (χ2v) is 6.30. The van der Waals surface area contributed by atoms with Crippen LogP contribution in [0.5, 0.6) is 5.75 Å². The third kappa shape index (κ3) is 3.36. The molecule has 0 radical (unpaired) electrons. The highest BCUT2D eigenvalue weighted by Gasteiger charge is 2.29. The monoisotopic (exact) mass is 369 g/mol. The smallest absolute Gasteiger partial charge is 0.343 e. The zero-order chi connectivity index (χ0) is 19.7. The van der Waals surface area contributed by atoms with Gasteiger partial charge in [-0.2, -0.15) is 0 Å². The van der Waals surface area contributed by atoms with Crippen molar-refractivity contribution in [3.8, 4) is 5.75 Å². The summed E-state index contributed by atoms with van der Waals surface area (Å²) in [5.41, 5.74) is -0.395. The average Bonchev–Trinajstić information content (AvgIpc) is 2.63. The molecule has 3 rings (SSSR count). The van der Waals surface area contributed by atoms with Gasteiger partial charge in [0, 0.05) is 24.6 Å². The van der Waals surface area contributed by atoms with Gasteiger partial charge in [-0.1, -0.05) is 18.2 Å². The summed E-state index contributed by atoms with van der Waals surface area (Å²) in [6.07, 6.45) is -0.286. The van der Waals surface area contributed by atoms with Crippen LogP contribution in [0.25, 0.3) is 10.9 Å². The van der Waals surface area contributed by atoms with E-state index >= 15 is 0 Å². The number of aromatic hydroxyl groups is 1. The number of esters is 1. The Kier molecular flexibility index (Phi) is 4.85. The number of para-hydroxylation sites is 1. The van der Waals surface area contributed by atoms with Gasteiger partial charge in [0.25, 0.3) is 5.56 Å². The Balaban J connectivity index is 2.32. The van der Waals surface area contributed by atoms with Gasteiger partial charge in [0.15, 0.2) is 0 Å².